The maximum absolute atomic E-state index is 8.55. The minimum Gasteiger partial charge on any atom is -0.305 e. The van der Waals surface area contributed by atoms with Crippen molar-refractivity contribution in [1.82, 2.24) is 9.55 Å². The molecule has 92 valence electrons. The molecular weight excluding hydrogens is 264 g/mol. The van der Waals surface area contributed by atoms with Crippen LogP contribution in [0.3, 0.4) is 0 Å². The van der Waals surface area contributed by atoms with E-state index in [0.717, 1.165) is 5.69 Å². The molecule has 0 aliphatic heterocycles. The molecule has 7 heteroatoms. The molecule has 0 unspecified atom stereocenters. The summed E-state index contributed by atoms with van der Waals surface area (Å²) < 4.78 is 1.77. The molecule has 1 N–H and O–H groups in total. The molecule has 1 aromatic heterocycles. The minimum absolute atomic E-state index is 0.255. The summed E-state index contributed by atoms with van der Waals surface area (Å²) in [6.45, 7) is 0. The van der Waals surface area contributed by atoms with E-state index < -0.39 is 0 Å². The van der Waals surface area contributed by atoms with Crippen LogP contribution in [0.25, 0.3) is 5.69 Å². The summed E-state index contributed by atoms with van der Waals surface area (Å²) in [4.78, 5) is 3.94. The van der Waals surface area contributed by atoms with Crippen LogP contribution in [0.2, 0.25) is 5.02 Å². The molecule has 2 rings (SSSR count). The molecule has 0 fully saturated rings. The highest BCUT2D eigenvalue weighted by Gasteiger charge is 2.03. The van der Waals surface area contributed by atoms with Crippen LogP contribution < -0.4 is 5.43 Å². The third-order valence-corrected chi connectivity index (χ3v) is 2.54. The minimum atomic E-state index is -0.255. The van der Waals surface area contributed by atoms with Crippen molar-refractivity contribution in [2.45, 2.75) is 0 Å². The zero-order chi connectivity index (χ0) is 13.7. The summed E-state index contributed by atoms with van der Waals surface area (Å²) in [6, 6.07) is 8.46. The zero-order valence-electron chi connectivity index (χ0n) is 9.58. The molecule has 6 nitrogen and oxygen atoms in total. The Labute approximate surface area is 114 Å². The van der Waals surface area contributed by atoms with Crippen LogP contribution in [0, 0.1) is 22.7 Å². The van der Waals surface area contributed by atoms with Gasteiger partial charge in [0.15, 0.2) is 0 Å². The summed E-state index contributed by atoms with van der Waals surface area (Å²) in [5, 5.41) is 21.2. The fourth-order valence-electron chi connectivity index (χ4n) is 1.38. The van der Waals surface area contributed by atoms with Crippen molar-refractivity contribution in [3.05, 3.63) is 41.9 Å². The number of halogens is 1. The van der Waals surface area contributed by atoms with Crippen LogP contribution in [0.1, 0.15) is 0 Å². The lowest BCUT2D eigenvalue weighted by molar-refractivity contribution is 1.06. The second kappa shape index (κ2) is 5.67. The van der Waals surface area contributed by atoms with Gasteiger partial charge in [0.2, 0.25) is 5.71 Å². The Hall–Kier alpha value is -2.83. The molecule has 0 aliphatic carbocycles. The third kappa shape index (κ3) is 2.89. The number of nitrogens with zero attached hydrogens (tertiary/aromatic N) is 5. The van der Waals surface area contributed by atoms with Crippen molar-refractivity contribution in [3.8, 4) is 17.8 Å². The van der Waals surface area contributed by atoms with Gasteiger partial charge in [-0.3, -0.25) is 5.43 Å². The summed E-state index contributed by atoms with van der Waals surface area (Å²) in [7, 11) is 0. The number of imidazole rings is 1. The standard InChI is InChI=1S/C12H7ClN6/c13-11-5-9(17-18-10(6-14)7-15)1-2-12(11)19-4-3-16-8-19/h1-5,8,17H. The lowest BCUT2D eigenvalue weighted by Gasteiger charge is -2.07. The summed E-state index contributed by atoms with van der Waals surface area (Å²) in [5.41, 5.74) is 3.69. The van der Waals surface area contributed by atoms with E-state index in [-0.39, 0.29) is 5.71 Å². The largest absolute Gasteiger partial charge is 0.305 e. The molecule has 0 spiro atoms. The number of hydrazone groups is 1. The number of nitrogens with one attached hydrogen (secondary N) is 1. The van der Waals surface area contributed by atoms with Gasteiger partial charge in [-0.1, -0.05) is 11.6 Å². The summed E-state index contributed by atoms with van der Waals surface area (Å²) in [6.07, 6.45) is 5.06. The average molecular weight is 271 g/mol. The fourth-order valence-corrected chi connectivity index (χ4v) is 1.66. The molecule has 0 radical (unpaired) electrons. The topological polar surface area (TPSA) is 89.8 Å². The van der Waals surface area contributed by atoms with Gasteiger partial charge in [0, 0.05) is 12.4 Å². The third-order valence-electron chi connectivity index (χ3n) is 2.24. The van der Waals surface area contributed by atoms with E-state index in [1.807, 2.05) is 0 Å². The predicted molar refractivity (Wildman–Crippen MR) is 70.9 cm³/mol. The normalized spacial score (nSPS) is 9.21. The summed E-state index contributed by atoms with van der Waals surface area (Å²) >= 11 is 6.14. The van der Waals surface area contributed by atoms with E-state index in [1.165, 1.54) is 0 Å². The molecule has 0 bridgehead atoms. The van der Waals surface area contributed by atoms with Crippen LogP contribution in [0.5, 0.6) is 0 Å². The van der Waals surface area contributed by atoms with Gasteiger partial charge in [-0.05, 0) is 18.2 Å². The average Bonchev–Trinajstić information content (AvgIpc) is 2.94. The number of benzene rings is 1. The van der Waals surface area contributed by atoms with Crippen molar-refractivity contribution in [1.29, 1.82) is 10.5 Å². The van der Waals surface area contributed by atoms with Gasteiger partial charge in [0.25, 0.3) is 0 Å². The van der Waals surface area contributed by atoms with Crippen LogP contribution in [-0.4, -0.2) is 15.3 Å². The first-order chi connectivity index (χ1) is 9.24. The maximum atomic E-state index is 8.55. The molecule has 0 amide bonds. The first kappa shape index (κ1) is 12.6. The first-order valence-electron chi connectivity index (χ1n) is 5.16. The first-order valence-corrected chi connectivity index (χ1v) is 5.54. The number of anilines is 1. The molecule has 19 heavy (non-hydrogen) atoms. The number of nitriles is 2. The van der Waals surface area contributed by atoms with E-state index >= 15 is 0 Å². The lowest BCUT2D eigenvalue weighted by atomic mass is 10.3. The zero-order valence-corrected chi connectivity index (χ0v) is 10.3. The van der Waals surface area contributed by atoms with E-state index in [1.54, 1.807) is 53.6 Å². The molecule has 0 atom stereocenters. The number of hydrogen-bond acceptors (Lipinski definition) is 5. The summed E-state index contributed by atoms with van der Waals surface area (Å²) in [5.74, 6) is 0. The Morgan fingerprint density at radius 2 is 2.16 bits per heavy atom. The second-order valence-corrected chi connectivity index (χ2v) is 3.84. The number of aromatic nitrogens is 2. The van der Waals surface area contributed by atoms with Gasteiger partial charge >= 0.3 is 0 Å². The molecule has 2 aromatic rings. The highest BCUT2D eigenvalue weighted by molar-refractivity contribution is 6.32. The Morgan fingerprint density at radius 3 is 2.74 bits per heavy atom. The van der Waals surface area contributed by atoms with E-state index in [9.17, 15) is 0 Å². The molecule has 0 aliphatic rings. The lowest BCUT2D eigenvalue weighted by Crippen LogP contribution is -1.97. The van der Waals surface area contributed by atoms with Gasteiger partial charge in [-0.15, -0.1) is 0 Å². The van der Waals surface area contributed by atoms with Crippen LogP contribution in [0.4, 0.5) is 5.69 Å². The molecule has 1 aromatic carbocycles. The SMILES string of the molecule is N#CC(C#N)=NNc1ccc(-n2ccnc2)c(Cl)c1. The monoisotopic (exact) mass is 270 g/mol. The van der Waals surface area contributed by atoms with Gasteiger partial charge in [0.1, 0.15) is 12.1 Å². The van der Waals surface area contributed by atoms with Crippen LogP contribution >= 0.6 is 11.6 Å². The van der Waals surface area contributed by atoms with Crippen molar-refractivity contribution in [3.63, 3.8) is 0 Å². The van der Waals surface area contributed by atoms with E-state index in [0.29, 0.717) is 10.7 Å². The van der Waals surface area contributed by atoms with Crippen molar-refractivity contribution in [2.24, 2.45) is 5.10 Å². The van der Waals surface area contributed by atoms with E-state index in [4.69, 9.17) is 22.1 Å². The maximum Gasteiger partial charge on any atom is 0.237 e. The van der Waals surface area contributed by atoms with Gasteiger partial charge in [0.05, 0.1) is 22.7 Å². The number of rotatable bonds is 3. The van der Waals surface area contributed by atoms with Crippen LogP contribution in [-0.2, 0) is 0 Å². The van der Waals surface area contributed by atoms with Crippen molar-refractivity contribution in [2.75, 3.05) is 5.43 Å². The van der Waals surface area contributed by atoms with Gasteiger partial charge < -0.3 is 4.57 Å². The molecule has 0 saturated carbocycles. The predicted octanol–water partition coefficient (Wildman–Crippen LogP) is 2.34. The Bertz CT molecular complexity index is 674. The Balaban J connectivity index is 2.24. The highest BCUT2D eigenvalue weighted by Crippen LogP contribution is 2.24. The fraction of sp³-hybridized carbons (Fsp3) is 0. The number of hydrogen-bond donors (Lipinski definition) is 1. The van der Waals surface area contributed by atoms with E-state index in [2.05, 4.69) is 15.5 Å². The quantitative estimate of drug-likeness (QED) is 0.685. The van der Waals surface area contributed by atoms with Crippen LogP contribution in [0.15, 0.2) is 42.0 Å². The van der Waals surface area contributed by atoms with Crippen molar-refractivity contribution >= 4 is 23.0 Å². The molecule has 1 heterocycles. The molecular formula is C12H7ClN6. The van der Waals surface area contributed by atoms with Gasteiger partial charge in [-0.2, -0.15) is 15.6 Å². The second-order valence-electron chi connectivity index (χ2n) is 3.43. The Morgan fingerprint density at radius 1 is 1.37 bits per heavy atom. The Kier molecular flexibility index (Phi) is 3.77. The van der Waals surface area contributed by atoms with Gasteiger partial charge in [-0.25, -0.2) is 4.98 Å². The highest BCUT2D eigenvalue weighted by atomic mass is 35.5. The van der Waals surface area contributed by atoms with Crippen molar-refractivity contribution < 1.29 is 0 Å². The smallest absolute Gasteiger partial charge is 0.237 e. The molecule has 0 saturated heterocycles.